The Labute approximate surface area is 328 Å². The maximum Gasteiger partial charge on any atom is 0.407 e. The largest absolute Gasteiger partial charge is 0.453 e. The van der Waals surface area contributed by atoms with Crippen LogP contribution in [0.5, 0.6) is 0 Å². The first kappa shape index (κ1) is 37.9. The average Bonchev–Trinajstić information content (AvgIpc) is 4.07. The number of H-pyrrole nitrogens is 2. The fraction of sp³-hybridized carbons (Fsp3) is 0.429. The molecule has 0 radical (unpaired) electrons. The van der Waals surface area contributed by atoms with Gasteiger partial charge in [-0.15, -0.1) is 0 Å². The lowest BCUT2D eigenvalue weighted by atomic mass is 9.91. The van der Waals surface area contributed by atoms with E-state index in [1.165, 1.54) is 14.2 Å². The monoisotopic (exact) mass is 778 g/mol. The Kier molecular flexibility index (Phi) is 10.3. The predicted molar refractivity (Wildman–Crippen MR) is 211 cm³/mol. The molecule has 2 aliphatic heterocycles. The Bertz CT molecular complexity index is 2370. The summed E-state index contributed by atoms with van der Waals surface area (Å²) in [7, 11) is 2.53. The summed E-state index contributed by atoms with van der Waals surface area (Å²) in [6, 6.07) is 13.0. The van der Waals surface area contributed by atoms with Crippen molar-refractivity contribution in [2.45, 2.75) is 76.7 Å². The van der Waals surface area contributed by atoms with Gasteiger partial charge in [-0.3, -0.25) is 9.59 Å². The minimum atomic E-state index is -1.13. The first-order valence-corrected chi connectivity index (χ1v) is 19.6. The lowest BCUT2D eigenvalue weighted by molar-refractivity contribution is -0.135. The van der Waals surface area contributed by atoms with Crippen LogP contribution in [0.25, 0.3) is 44.2 Å². The molecular weight excluding hydrogens is 732 g/mol. The minimum Gasteiger partial charge on any atom is -0.453 e. The number of fused-ring (bicyclic) bond motifs is 4. The molecule has 2 saturated heterocycles. The van der Waals surface area contributed by atoms with Crippen molar-refractivity contribution in [1.82, 2.24) is 40.4 Å². The van der Waals surface area contributed by atoms with Crippen molar-refractivity contribution in [1.29, 1.82) is 0 Å². The quantitative estimate of drug-likeness (QED) is 0.127. The number of benzene rings is 3. The fourth-order valence-electron chi connectivity index (χ4n) is 8.87. The van der Waals surface area contributed by atoms with Crippen LogP contribution in [-0.2, 0) is 25.5 Å². The third kappa shape index (κ3) is 7.03. The highest BCUT2D eigenvalue weighted by Crippen LogP contribution is 2.46. The number of alkyl halides is 1. The molecule has 57 heavy (non-hydrogen) atoms. The first-order chi connectivity index (χ1) is 27.6. The highest BCUT2D eigenvalue weighted by atomic mass is 19.1. The predicted octanol–water partition coefficient (Wildman–Crippen LogP) is 6.79. The second kappa shape index (κ2) is 15.5. The van der Waals surface area contributed by atoms with Gasteiger partial charge in [0, 0.05) is 24.0 Å². The van der Waals surface area contributed by atoms with Gasteiger partial charge in [0.2, 0.25) is 11.8 Å². The number of alkyl carbamates (subject to hydrolysis) is 2. The van der Waals surface area contributed by atoms with Crippen LogP contribution in [0, 0.1) is 5.92 Å². The van der Waals surface area contributed by atoms with E-state index >= 15 is 4.39 Å². The molecule has 3 aliphatic rings. The van der Waals surface area contributed by atoms with Crippen LogP contribution < -0.4 is 10.6 Å². The van der Waals surface area contributed by atoms with E-state index < -0.39 is 24.4 Å². The summed E-state index contributed by atoms with van der Waals surface area (Å²) in [5.41, 5.74) is 6.71. The summed E-state index contributed by atoms with van der Waals surface area (Å²) >= 11 is 0. The van der Waals surface area contributed by atoms with Crippen LogP contribution >= 0.6 is 0 Å². The van der Waals surface area contributed by atoms with Gasteiger partial charge in [-0.05, 0) is 84.2 Å². The summed E-state index contributed by atoms with van der Waals surface area (Å²) in [6.45, 7) is 4.74. The zero-order valence-corrected chi connectivity index (χ0v) is 32.5. The molecule has 0 bridgehead atoms. The maximum atomic E-state index is 15.8. The normalized spacial score (nSPS) is 19.6. The number of nitrogens with one attached hydrogen (secondary N) is 4. The van der Waals surface area contributed by atoms with E-state index in [9.17, 15) is 19.2 Å². The zero-order chi connectivity index (χ0) is 40.0. The Morgan fingerprint density at radius 3 is 2.39 bits per heavy atom. The molecule has 5 aromatic rings. The fourth-order valence-corrected chi connectivity index (χ4v) is 8.87. The molecular formula is C42H47FN8O6. The van der Waals surface area contributed by atoms with Gasteiger partial charge >= 0.3 is 12.2 Å². The van der Waals surface area contributed by atoms with Gasteiger partial charge in [0.1, 0.15) is 30.4 Å². The van der Waals surface area contributed by atoms with Crippen molar-refractivity contribution in [3.05, 3.63) is 71.4 Å². The molecule has 14 nitrogen and oxygen atoms in total. The molecule has 0 saturated carbocycles. The third-order valence-electron chi connectivity index (χ3n) is 11.7. The summed E-state index contributed by atoms with van der Waals surface area (Å²) in [5, 5.41) is 7.11. The molecule has 4 heterocycles. The van der Waals surface area contributed by atoms with Crippen LogP contribution in [0.3, 0.4) is 0 Å². The Morgan fingerprint density at radius 2 is 1.63 bits per heavy atom. The minimum absolute atomic E-state index is 0.130. The highest BCUT2D eigenvalue weighted by Gasteiger charge is 2.38. The van der Waals surface area contributed by atoms with Gasteiger partial charge in [0.15, 0.2) is 0 Å². The maximum absolute atomic E-state index is 15.8. The number of carbonyl (C=O) groups excluding carboxylic acids is 4. The van der Waals surface area contributed by atoms with Gasteiger partial charge in [0.25, 0.3) is 0 Å². The molecule has 2 aromatic heterocycles. The molecule has 298 valence electrons. The number of hydrogen-bond donors (Lipinski definition) is 4. The van der Waals surface area contributed by atoms with E-state index in [1.807, 2.05) is 36.9 Å². The molecule has 15 heteroatoms. The van der Waals surface area contributed by atoms with E-state index in [4.69, 9.17) is 9.72 Å². The molecule has 4 amide bonds. The Hall–Kier alpha value is -5.99. The van der Waals surface area contributed by atoms with E-state index in [2.05, 4.69) is 54.6 Å². The van der Waals surface area contributed by atoms with Gasteiger partial charge in [0.05, 0.1) is 49.2 Å². The number of carbonyl (C=O) groups is 4. The van der Waals surface area contributed by atoms with Crippen LogP contribution in [0.15, 0.2) is 48.7 Å². The number of imidazole rings is 2. The molecule has 4 unspecified atom stereocenters. The third-order valence-corrected chi connectivity index (χ3v) is 11.7. The molecule has 2 fully saturated rings. The number of rotatable bonds is 9. The number of nitrogens with zero attached hydrogens (tertiary/aromatic N) is 4. The van der Waals surface area contributed by atoms with Crippen molar-refractivity contribution in [3.8, 4) is 22.4 Å². The van der Waals surface area contributed by atoms with Gasteiger partial charge < -0.3 is 39.9 Å². The van der Waals surface area contributed by atoms with Crippen molar-refractivity contribution in [2.75, 3.05) is 33.9 Å². The molecule has 0 spiro atoms. The summed E-state index contributed by atoms with van der Waals surface area (Å²) in [5.74, 6) is 0.825. The number of aromatic amines is 2. The number of likely N-dealkylation sites (tertiary alicyclic amines) is 2. The number of aromatic nitrogens is 4. The molecule has 8 rings (SSSR count). The Morgan fingerprint density at radius 1 is 0.895 bits per heavy atom. The van der Waals surface area contributed by atoms with Crippen LogP contribution in [0.1, 0.15) is 87.0 Å². The highest BCUT2D eigenvalue weighted by molar-refractivity contribution is 6.05. The molecule has 1 aliphatic carbocycles. The SMILES string of the molecule is COC(=O)NCC(=O)N1CCCC1c1ncc(-c2ccc(-c3ccc4c(ccc5[nH]c(C6CCCN6C(=O)C(NC(=O)OC)C(C)C)nc54)c3)c3c2C(F)CC3)[nH]1. The first-order valence-electron chi connectivity index (χ1n) is 19.6. The number of hydrogen-bond acceptors (Lipinski definition) is 8. The van der Waals surface area contributed by atoms with Crippen LogP contribution in [0.4, 0.5) is 14.0 Å². The Balaban J connectivity index is 1.06. The van der Waals surface area contributed by atoms with E-state index in [0.717, 1.165) is 69.7 Å². The lowest BCUT2D eigenvalue weighted by Gasteiger charge is -2.29. The van der Waals surface area contributed by atoms with Crippen molar-refractivity contribution in [2.24, 2.45) is 5.92 Å². The standard InChI is InChI=1S/C42H47FN8O6/c1-22(2)36(49-42(55)57-4)40(53)51-18-6-8-33(51)39-46-30-16-10-24-19-23(9-11-26(24)37(30)48-39)25-12-13-28(35-27(25)14-15-29(35)43)31-20-44-38(47-31)32-7-5-17-50(32)34(52)21-45-41(54)56-3/h9-13,16,19-20,22,29,32-33,36H,5-8,14-15,17-18,21H2,1-4H3,(H,44,47)(H,45,54)(H,46,48)(H,49,55). The summed E-state index contributed by atoms with van der Waals surface area (Å²) in [4.78, 5) is 70.3. The number of amides is 4. The van der Waals surface area contributed by atoms with E-state index in [-0.39, 0.29) is 36.4 Å². The molecule has 4 N–H and O–H groups in total. The zero-order valence-electron chi connectivity index (χ0n) is 32.5. The smallest absolute Gasteiger partial charge is 0.407 e. The van der Waals surface area contributed by atoms with Gasteiger partial charge in [-0.2, -0.15) is 0 Å². The number of methoxy groups -OCH3 is 2. The van der Waals surface area contributed by atoms with Gasteiger partial charge in [-0.25, -0.2) is 23.9 Å². The van der Waals surface area contributed by atoms with Crippen LogP contribution in [0.2, 0.25) is 0 Å². The van der Waals surface area contributed by atoms with Crippen molar-refractivity contribution >= 4 is 45.8 Å². The van der Waals surface area contributed by atoms with Gasteiger partial charge in [-0.1, -0.05) is 44.2 Å². The van der Waals surface area contributed by atoms with E-state index in [1.54, 1.807) is 11.1 Å². The topological polar surface area (TPSA) is 175 Å². The van der Waals surface area contributed by atoms with Crippen LogP contribution in [-0.4, -0.2) is 93.6 Å². The van der Waals surface area contributed by atoms with E-state index in [0.29, 0.717) is 48.8 Å². The summed E-state index contributed by atoms with van der Waals surface area (Å²) < 4.78 is 25.2. The second-order valence-corrected chi connectivity index (χ2v) is 15.4. The average molecular weight is 779 g/mol. The van der Waals surface area contributed by atoms with Crippen molar-refractivity contribution in [3.63, 3.8) is 0 Å². The van der Waals surface area contributed by atoms with Crippen molar-refractivity contribution < 1.29 is 33.0 Å². The summed E-state index contributed by atoms with van der Waals surface area (Å²) in [6.07, 6.45) is 3.36. The molecule has 4 atom stereocenters. The second-order valence-electron chi connectivity index (χ2n) is 15.4. The molecule has 3 aromatic carbocycles. The number of halogens is 1. The number of ether oxygens (including phenoxy) is 2. The lowest BCUT2D eigenvalue weighted by Crippen LogP contribution is -2.51.